The Kier molecular flexibility index (Phi) is 4.93. The average Bonchev–Trinajstić information content (AvgIpc) is 2.72. The van der Waals surface area contributed by atoms with E-state index in [1.54, 1.807) is 4.90 Å². The number of aliphatic hydroxyl groups is 1. The summed E-state index contributed by atoms with van der Waals surface area (Å²) in [6, 6.07) is 0. The molecule has 5 nitrogen and oxygen atoms in total. The number of nitrogens with one attached hydrogen (secondary N) is 1. The lowest BCUT2D eigenvalue weighted by Crippen LogP contribution is -2.53. The molecule has 0 spiro atoms. The normalized spacial score (nSPS) is 16.4. The van der Waals surface area contributed by atoms with Gasteiger partial charge in [-0.2, -0.15) is 0 Å². The molecule has 0 saturated carbocycles. The molecule has 0 aromatic carbocycles. The standard InChI is InChI=1S/C12H22N2O3/c1-3-12(4-2,9-15)13-10(16)8-14-7-5-6-11(14)17/h15H,3-9H2,1-2H3,(H,13,16). The van der Waals surface area contributed by atoms with E-state index >= 15 is 0 Å². The lowest BCUT2D eigenvalue weighted by molar-refractivity contribution is -0.134. The maximum atomic E-state index is 11.8. The lowest BCUT2D eigenvalue weighted by Gasteiger charge is -2.31. The van der Waals surface area contributed by atoms with Crippen LogP contribution in [0.5, 0.6) is 0 Å². The van der Waals surface area contributed by atoms with E-state index in [9.17, 15) is 14.7 Å². The quantitative estimate of drug-likeness (QED) is 0.702. The summed E-state index contributed by atoms with van der Waals surface area (Å²) in [5, 5.41) is 12.2. The molecule has 17 heavy (non-hydrogen) atoms. The van der Waals surface area contributed by atoms with Crippen LogP contribution in [0.3, 0.4) is 0 Å². The summed E-state index contributed by atoms with van der Waals surface area (Å²) < 4.78 is 0. The van der Waals surface area contributed by atoms with Gasteiger partial charge in [-0.3, -0.25) is 9.59 Å². The van der Waals surface area contributed by atoms with Crippen LogP contribution in [-0.4, -0.2) is 47.1 Å². The van der Waals surface area contributed by atoms with Crippen molar-refractivity contribution >= 4 is 11.8 Å². The largest absolute Gasteiger partial charge is 0.394 e. The van der Waals surface area contributed by atoms with Crippen LogP contribution in [0.15, 0.2) is 0 Å². The number of carbonyl (C=O) groups is 2. The van der Waals surface area contributed by atoms with Gasteiger partial charge >= 0.3 is 0 Å². The third-order valence-corrected chi connectivity index (χ3v) is 3.57. The highest BCUT2D eigenvalue weighted by atomic mass is 16.3. The Morgan fingerprint density at radius 2 is 2.12 bits per heavy atom. The molecule has 1 aliphatic heterocycles. The van der Waals surface area contributed by atoms with E-state index < -0.39 is 5.54 Å². The zero-order chi connectivity index (χ0) is 12.9. The summed E-state index contributed by atoms with van der Waals surface area (Å²) in [6.07, 6.45) is 2.73. The summed E-state index contributed by atoms with van der Waals surface area (Å²) in [5.74, 6) is -0.138. The molecule has 0 atom stereocenters. The molecule has 1 saturated heterocycles. The van der Waals surface area contributed by atoms with Crippen LogP contribution in [0.2, 0.25) is 0 Å². The SMILES string of the molecule is CCC(CC)(CO)NC(=O)CN1CCCC1=O. The number of rotatable bonds is 6. The molecule has 0 aromatic rings. The lowest BCUT2D eigenvalue weighted by atomic mass is 9.94. The van der Waals surface area contributed by atoms with Crippen LogP contribution >= 0.6 is 0 Å². The molecule has 1 heterocycles. The molecule has 0 bridgehead atoms. The molecule has 2 amide bonds. The Labute approximate surface area is 102 Å². The molecule has 0 aliphatic carbocycles. The first-order chi connectivity index (χ1) is 8.06. The van der Waals surface area contributed by atoms with E-state index in [2.05, 4.69) is 5.32 Å². The van der Waals surface area contributed by atoms with Gasteiger partial charge in [0.25, 0.3) is 0 Å². The van der Waals surface area contributed by atoms with Gasteiger partial charge in [0.05, 0.1) is 18.7 Å². The van der Waals surface area contributed by atoms with Crippen molar-refractivity contribution in [1.82, 2.24) is 10.2 Å². The van der Waals surface area contributed by atoms with Crippen molar-refractivity contribution in [2.45, 2.75) is 45.1 Å². The summed E-state index contributed by atoms with van der Waals surface area (Å²) in [5.41, 5.74) is -0.542. The topological polar surface area (TPSA) is 69.6 Å². The zero-order valence-corrected chi connectivity index (χ0v) is 10.7. The molecule has 0 radical (unpaired) electrons. The fourth-order valence-corrected chi connectivity index (χ4v) is 2.07. The van der Waals surface area contributed by atoms with Gasteiger partial charge in [-0.15, -0.1) is 0 Å². The fraction of sp³-hybridized carbons (Fsp3) is 0.833. The second-order valence-electron chi connectivity index (χ2n) is 4.61. The Morgan fingerprint density at radius 3 is 2.53 bits per heavy atom. The van der Waals surface area contributed by atoms with Crippen molar-refractivity contribution in [3.05, 3.63) is 0 Å². The van der Waals surface area contributed by atoms with Gasteiger partial charge in [-0.25, -0.2) is 0 Å². The summed E-state index contributed by atoms with van der Waals surface area (Å²) in [7, 11) is 0. The number of aliphatic hydroxyl groups excluding tert-OH is 1. The van der Waals surface area contributed by atoms with Crippen molar-refractivity contribution in [2.75, 3.05) is 19.7 Å². The zero-order valence-electron chi connectivity index (χ0n) is 10.7. The smallest absolute Gasteiger partial charge is 0.240 e. The number of amides is 2. The Bertz CT molecular complexity index is 279. The van der Waals surface area contributed by atoms with E-state index in [0.29, 0.717) is 25.8 Å². The molecule has 5 heteroatoms. The number of carbonyl (C=O) groups excluding carboxylic acids is 2. The fourth-order valence-electron chi connectivity index (χ4n) is 2.07. The summed E-state index contributed by atoms with van der Waals surface area (Å²) in [6.45, 7) is 4.57. The molecular weight excluding hydrogens is 220 g/mol. The van der Waals surface area contributed by atoms with E-state index in [0.717, 1.165) is 6.42 Å². The van der Waals surface area contributed by atoms with Crippen molar-refractivity contribution in [2.24, 2.45) is 0 Å². The highest BCUT2D eigenvalue weighted by molar-refractivity contribution is 5.86. The minimum atomic E-state index is -0.542. The maximum Gasteiger partial charge on any atom is 0.240 e. The highest BCUT2D eigenvalue weighted by Crippen LogP contribution is 2.14. The van der Waals surface area contributed by atoms with Crippen LogP contribution in [0.25, 0.3) is 0 Å². The third kappa shape index (κ3) is 3.43. The first kappa shape index (κ1) is 14.0. The van der Waals surface area contributed by atoms with Gasteiger partial charge in [0.2, 0.25) is 11.8 Å². The first-order valence-electron chi connectivity index (χ1n) is 6.26. The van der Waals surface area contributed by atoms with Crippen LogP contribution in [0.4, 0.5) is 0 Å². The van der Waals surface area contributed by atoms with E-state index in [4.69, 9.17) is 0 Å². The average molecular weight is 242 g/mol. The highest BCUT2D eigenvalue weighted by Gasteiger charge is 2.29. The van der Waals surface area contributed by atoms with Crippen molar-refractivity contribution < 1.29 is 14.7 Å². The maximum absolute atomic E-state index is 11.8. The number of hydrogen-bond donors (Lipinski definition) is 2. The van der Waals surface area contributed by atoms with E-state index in [-0.39, 0.29) is 25.0 Å². The predicted octanol–water partition coefficient (Wildman–Crippen LogP) is 0.276. The molecule has 0 aromatic heterocycles. The van der Waals surface area contributed by atoms with Crippen molar-refractivity contribution in [1.29, 1.82) is 0 Å². The third-order valence-electron chi connectivity index (χ3n) is 3.57. The van der Waals surface area contributed by atoms with E-state index in [1.165, 1.54) is 0 Å². The molecular formula is C12H22N2O3. The number of hydrogen-bond acceptors (Lipinski definition) is 3. The van der Waals surface area contributed by atoms with Gasteiger partial charge in [-0.1, -0.05) is 13.8 Å². The molecule has 0 unspecified atom stereocenters. The second kappa shape index (κ2) is 6.00. The van der Waals surface area contributed by atoms with Gasteiger partial charge in [0, 0.05) is 13.0 Å². The van der Waals surface area contributed by atoms with E-state index in [1.807, 2.05) is 13.8 Å². The minimum Gasteiger partial charge on any atom is -0.394 e. The van der Waals surface area contributed by atoms with Gasteiger partial charge in [-0.05, 0) is 19.3 Å². The summed E-state index contributed by atoms with van der Waals surface area (Å²) >= 11 is 0. The Balaban J connectivity index is 2.50. The molecule has 1 aliphatic rings. The van der Waals surface area contributed by atoms with Crippen molar-refractivity contribution in [3.8, 4) is 0 Å². The van der Waals surface area contributed by atoms with Crippen LogP contribution in [0, 0.1) is 0 Å². The Hall–Kier alpha value is -1.10. The van der Waals surface area contributed by atoms with Gasteiger partial charge in [0.15, 0.2) is 0 Å². The van der Waals surface area contributed by atoms with Gasteiger partial charge < -0.3 is 15.3 Å². The van der Waals surface area contributed by atoms with Gasteiger partial charge in [0.1, 0.15) is 0 Å². The Morgan fingerprint density at radius 1 is 1.47 bits per heavy atom. The molecule has 2 N–H and O–H groups in total. The summed E-state index contributed by atoms with van der Waals surface area (Å²) in [4.78, 5) is 24.8. The van der Waals surface area contributed by atoms with Crippen LogP contribution in [0.1, 0.15) is 39.5 Å². The number of likely N-dealkylation sites (tertiary alicyclic amines) is 1. The van der Waals surface area contributed by atoms with Crippen LogP contribution in [-0.2, 0) is 9.59 Å². The van der Waals surface area contributed by atoms with Crippen molar-refractivity contribution in [3.63, 3.8) is 0 Å². The predicted molar refractivity (Wildman–Crippen MR) is 64.4 cm³/mol. The molecule has 1 rings (SSSR count). The second-order valence-corrected chi connectivity index (χ2v) is 4.61. The molecule has 1 fully saturated rings. The first-order valence-corrected chi connectivity index (χ1v) is 6.26. The number of nitrogens with zero attached hydrogens (tertiary/aromatic N) is 1. The minimum absolute atomic E-state index is 0.0442. The van der Waals surface area contributed by atoms with Crippen LogP contribution < -0.4 is 5.32 Å². The molecule has 98 valence electrons. The monoisotopic (exact) mass is 242 g/mol.